The van der Waals surface area contributed by atoms with Gasteiger partial charge in [-0.25, -0.2) is 0 Å². The molecule has 5 nitrogen and oxygen atoms in total. The third-order valence-corrected chi connectivity index (χ3v) is 4.56. The zero-order chi connectivity index (χ0) is 15.9. The number of benzene rings is 1. The Labute approximate surface area is 129 Å². The normalized spacial score (nSPS) is 18.0. The van der Waals surface area contributed by atoms with Gasteiger partial charge in [-0.2, -0.15) is 0 Å². The van der Waals surface area contributed by atoms with E-state index in [9.17, 15) is 9.59 Å². The van der Waals surface area contributed by atoms with E-state index in [4.69, 9.17) is 4.74 Å². The van der Waals surface area contributed by atoms with Crippen molar-refractivity contribution in [2.75, 3.05) is 20.2 Å². The lowest BCUT2D eigenvalue weighted by Gasteiger charge is -2.23. The maximum absolute atomic E-state index is 12.3. The van der Waals surface area contributed by atoms with Crippen LogP contribution in [0.25, 0.3) is 10.9 Å². The number of carbonyl (C=O) groups excluding carboxylic acids is 2. The highest BCUT2D eigenvalue weighted by Gasteiger charge is 2.34. The van der Waals surface area contributed by atoms with E-state index in [1.165, 1.54) is 7.11 Å². The average Bonchev–Trinajstić information content (AvgIpc) is 2.69. The number of methoxy groups -OCH3 is 1. The molecule has 3 rings (SSSR count). The standard InChI is InChI=1S/C17H20N2O3/c1-11(20)19-9-8-13-12-6-4-5-7-15(12)18(2)16(13)14(10-19)17(21)22-3/h4-7,14H,8-10H2,1-3H3. The van der Waals surface area contributed by atoms with E-state index in [0.29, 0.717) is 13.1 Å². The van der Waals surface area contributed by atoms with Crippen molar-refractivity contribution in [1.82, 2.24) is 9.47 Å². The van der Waals surface area contributed by atoms with E-state index in [-0.39, 0.29) is 11.9 Å². The molecule has 1 atom stereocenters. The van der Waals surface area contributed by atoms with Crippen LogP contribution < -0.4 is 0 Å². The summed E-state index contributed by atoms with van der Waals surface area (Å²) >= 11 is 0. The van der Waals surface area contributed by atoms with Gasteiger partial charge in [-0.1, -0.05) is 18.2 Å². The summed E-state index contributed by atoms with van der Waals surface area (Å²) in [6.45, 7) is 2.55. The van der Waals surface area contributed by atoms with Crippen LogP contribution in [0.1, 0.15) is 24.1 Å². The maximum atomic E-state index is 12.3. The van der Waals surface area contributed by atoms with Gasteiger partial charge >= 0.3 is 5.97 Å². The number of esters is 1. The predicted octanol–water partition coefficient (Wildman–Crippen LogP) is 1.84. The average molecular weight is 300 g/mol. The molecular weight excluding hydrogens is 280 g/mol. The van der Waals surface area contributed by atoms with Gasteiger partial charge < -0.3 is 14.2 Å². The Morgan fingerprint density at radius 2 is 2.00 bits per heavy atom. The molecular formula is C17H20N2O3. The molecule has 0 fully saturated rings. The number of ether oxygens (including phenoxy) is 1. The first-order chi connectivity index (χ1) is 10.5. The summed E-state index contributed by atoms with van der Waals surface area (Å²) < 4.78 is 7.06. The minimum Gasteiger partial charge on any atom is -0.468 e. The fraction of sp³-hybridized carbons (Fsp3) is 0.412. The van der Waals surface area contributed by atoms with E-state index < -0.39 is 5.92 Å². The van der Waals surface area contributed by atoms with Crippen LogP contribution in [0.2, 0.25) is 0 Å². The Hall–Kier alpha value is -2.30. The molecule has 1 amide bonds. The van der Waals surface area contributed by atoms with Gasteiger partial charge in [0.2, 0.25) is 5.91 Å². The molecule has 0 saturated carbocycles. The Morgan fingerprint density at radius 3 is 2.68 bits per heavy atom. The zero-order valence-corrected chi connectivity index (χ0v) is 13.1. The number of carbonyl (C=O) groups is 2. The molecule has 0 aliphatic carbocycles. The van der Waals surface area contributed by atoms with Gasteiger partial charge in [0.25, 0.3) is 0 Å². The van der Waals surface area contributed by atoms with Crippen LogP contribution in [0, 0.1) is 0 Å². The van der Waals surface area contributed by atoms with Crippen LogP contribution in [0.15, 0.2) is 24.3 Å². The zero-order valence-electron chi connectivity index (χ0n) is 13.1. The maximum Gasteiger partial charge on any atom is 0.316 e. The SMILES string of the molecule is COC(=O)C1CN(C(C)=O)CCc2c1n(C)c1ccccc21. The number of aryl methyl sites for hydroxylation is 1. The lowest BCUT2D eigenvalue weighted by atomic mass is 9.99. The highest BCUT2D eigenvalue weighted by molar-refractivity contribution is 5.90. The Morgan fingerprint density at radius 1 is 1.27 bits per heavy atom. The van der Waals surface area contributed by atoms with Crippen molar-refractivity contribution in [3.8, 4) is 0 Å². The monoisotopic (exact) mass is 300 g/mol. The van der Waals surface area contributed by atoms with Gasteiger partial charge in [0, 0.05) is 43.7 Å². The van der Waals surface area contributed by atoms with E-state index in [2.05, 4.69) is 16.7 Å². The Kier molecular flexibility index (Phi) is 3.64. The van der Waals surface area contributed by atoms with E-state index in [1.54, 1.807) is 11.8 Å². The quantitative estimate of drug-likeness (QED) is 0.755. The third-order valence-electron chi connectivity index (χ3n) is 4.56. The molecule has 116 valence electrons. The summed E-state index contributed by atoms with van der Waals surface area (Å²) in [6.07, 6.45) is 0.754. The smallest absolute Gasteiger partial charge is 0.316 e. The van der Waals surface area contributed by atoms with Gasteiger partial charge in [-0.05, 0) is 18.1 Å². The summed E-state index contributed by atoms with van der Waals surface area (Å²) in [6, 6.07) is 8.13. The fourth-order valence-corrected chi connectivity index (χ4v) is 3.46. The molecule has 0 bridgehead atoms. The second-order valence-electron chi connectivity index (χ2n) is 5.73. The van der Waals surface area contributed by atoms with Crippen molar-refractivity contribution >= 4 is 22.8 Å². The second kappa shape index (κ2) is 5.48. The van der Waals surface area contributed by atoms with Crippen LogP contribution in [0.5, 0.6) is 0 Å². The Balaban J connectivity index is 2.20. The number of para-hydroxylation sites is 1. The largest absolute Gasteiger partial charge is 0.468 e. The first kappa shape index (κ1) is 14.6. The summed E-state index contributed by atoms with van der Waals surface area (Å²) in [4.78, 5) is 25.8. The topological polar surface area (TPSA) is 51.5 Å². The molecule has 2 heterocycles. The lowest BCUT2D eigenvalue weighted by molar-refractivity contribution is -0.143. The van der Waals surface area contributed by atoms with Crippen LogP contribution in [0.3, 0.4) is 0 Å². The van der Waals surface area contributed by atoms with E-state index in [0.717, 1.165) is 28.6 Å². The number of rotatable bonds is 1. The summed E-state index contributed by atoms with van der Waals surface area (Å²) in [5, 5.41) is 1.15. The number of nitrogens with zero attached hydrogens (tertiary/aromatic N) is 2. The highest BCUT2D eigenvalue weighted by atomic mass is 16.5. The highest BCUT2D eigenvalue weighted by Crippen LogP contribution is 2.34. The lowest BCUT2D eigenvalue weighted by Crippen LogP contribution is -2.35. The number of fused-ring (bicyclic) bond motifs is 3. The molecule has 0 spiro atoms. The minimum absolute atomic E-state index is 0.00832. The molecule has 0 saturated heterocycles. The molecule has 1 aliphatic heterocycles. The van der Waals surface area contributed by atoms with Crippen LogP contribution in [0.4, 0.5) is 0 Å². The summed E-state index contributed by atoms with van der Waals surface area (Å²) in [5.74, 6) is -0.741. The van der Waals surface area contributed by atoms with Crippen LogP contribution in [-0.4, -0.2) is 41.5 Å². The number of amides is 1. The molecule has 2 aromatic rings. The van der Waals surface area contributed by atoms with Gasteiger partial charge in [-0.3, -0.25) is 9.59 Å². The van der Waals surface area contributed by atoms with Crippen molar-refractivity contribution in [3.63, 3.8) is 0 Å². The molecule has 1 aliphatic rings. The fourth-order valence-electron chi connectivity index (χ4n) is 3.46. The summed E-state index contributed by atoms with van der Waals surface area (Å²) in [7, 11) is 3.37. The number of hydrogen-bond donors (Lipinski definition) is 0. The predicted molar refractivity (Wildman–Crippen MR) is 83.6 cm³/mol. The first-order valence-electron chi connectivity index (χ1n) is 7.44. The second-order valence-corrected chi connectivity index (χ2v) is 5.73. The van der Waals surface area contributed by atoms with Crippen molar-refractivity contribution in [2.24, 2.45) is 7.05 Å². The number of hydrogen-bond acceptors (Lipinski definition) is 3. The molecule has 0 radical (unpaired) electrons. The molecule has 5 heteroatoms. The van der Waals surface area contributed by atoms with Gasteiger partial charge in [-0.15, -0.1) is 0 Å². The van der Waals surface area contributed by atoms with Crippen molar-refractivity contribution in [1.29, 1.82) is 0 Å². The van der Waals surface area contributed by atoms with E-state index in [1.807, 2.05) is 19.2 Å². The number of aromatic nitrogens is 1. The summed E-state index contributed by atoms with van der Waals surface area (Å²) in [5.41, 5.74) is 3.23. The molecule has 1 unspecified atom stereocenters. The first-order valence-corrected chi connectivity index (χ1v) is 7.44. The van der Waals surface area contributed by atoms with Crippen molar-refractivity contribution in [2.45, 2.75) is 19.3 Å². The van der Waals surface area contributed by atoms with Crippen molar-refractivity contribution < 1.29 is 14.3 Å². The van der Waals surface area contributed by atoms with Gasteiger partial charge in [0.15, 0.2) is 0 Å². The molecule has 1 aromatic carbocycles. The van der Waals surface area contributed by atoms with Crippen LogP contribution >= 0.6 is 0 Å². The Bertz CT molecular complexity index is 748. The molecule has 0 N–H and O–H groups in total. The molecule has 22 heavy (non-hydrogen) atoms. The van der Waals surface area contributed by atoms with Gasteiger partial charge in [0.1, 0.15) is 5.92 Å². The minimum atomic E-state index is -0.441. The van der Waals surface area contributed by atoms with Gasteiger partial charge in [0.05, 0.1) is 7.11 Å². The third kappa shape index (κ3) is 2.17. The van der Waals surface area contributed by atoms with Crippen LogP contribution in [-0.2, 0) is 27.8 Å². The van der Waals surface area contributed by atoms with Crippen molar-refractivity contribution in [3.05, 3.63) is 35.5 Å². The van der Waals surface area contributed by atoms with E-state index >= 15 is 0 Å². The molecule has 1 aromatic heterocycles.